The lowest BCUT2D eigenvalue weighted by Crippen LogP contribution is -2.35. The van der Waals surface area contributed by atoms with Crippen molar-refractivity contribution in [2.45, 2.75) is 38.1 Å². The Morgan fingerprint density at radius 2 is 2.00 bits per heavy atom. The van der Waals surface area contributed by atoms with Gasteiger partial charge in [-0.3, -0.25) is 11.3 Å². The number of nitrogens with one attached hydrogen (secondary N) is 1. The number of nitrogens with two attached hydrogens (primary N) is 1. The maximum absolute atomic E-state index is 13.9. The van der Waals surface area contributed by atoms with Gasteiger partial charge in [-0.05, 0) is 30.9 Å². The Labute approximate surface area is 110 Å². The molecule has 17 heavy (non-hydrogen) atoms. The quantitative estimate of drug-likeness (QED) is 0.660. The predicted octanol–water partition coefficient (Wildman–Crippen LogP) is 3.67. The van der Waals surface area contributed by atoms with Crippen LogP contribution in [0.3, 0.4) is 0 Å². The SMILES string of the molecule is NNC(c1ccc(Br)cc1F)C1CCCCC1. The second-order valence-corrected chi connectivity index (χ2v) is 5.62. The smallest absolute Gasteiger partial charge is 0.129 e. The molecule has 1 fully saturated rings. The van der Waals surface area contributed by atoms with Crippen LogP contribution < -0.4 is 11.3 Å². The first kappa shape index (κ1) is 13.0. The van der Waals surface area contributed by atoms with Crippen LogP contribution in [0, 0.1) is 11.7 Å². The van der Waals surface area contributed by atoms with Crippen LogP contribution in [0.4, 0.5) is 4.39 Å². The number of hydrazine groups is 1. The summed E-state index contributed by atoms with van der Waals surface area (Å²) in [7, 11) is 0. The van der Waals surface area contributed by atoms with E-state index in [-0.39, 0.29) is 11.9 Å². The molecule has 0 amide bonds. The molecule has 0 bridgehead atoms. The fourth-order valence-corrected chi connectivity index (χ4v) is 3.03. The average Bonchev–Trinajstić information content (AvgIpc) is 2.34. The summed E-state index contributed by atoms with van der Waals surface area (Å²) in [4.78, 5) is 0. The Morgan fingerprint density at radius 3 is 2.59 bits per heavy atom. The summed E-state index contributed by atoms with van der Waals surface area (Å²) >= 11 is 3.27. The maximum atomic E-state index is 13.9. The van der Waals surface area contributed by atoms with Crippen LogP contribution in [0.2, 0.25) is 0 Å². The van der Waals surface area contributed by atoms with Crippen LogP contribution in [-0.4, -0.2) is 0 Å². The van der Waals surface area contributed by atoms with E-state index in [1.54, 1.807) is 0 Å². The fraction of sp³-hybridized carbons (Fsp3) is 0.538. The highest BCUT2D eigenvalue weighted by atomic mass is 79.9. The van der Waals surface area contributed by atoms with Gasteiger partial charge in [0.1, 0.15) is 5.82 Å². The molecule has 2 nitrogen and oxygen atoms in total. The zero-order valence-electron chi connectivity index (χ0n) is 9.76. The minimum Gasteiger partial charge on any atom is -0.271 e. The topological polar surface area (TPSA) is 38.0 Å². The summed E-state index contributed by atoms with van der Waals surface area (Å²) in [5.74, 6) is 5.88. The lowest BCUT2D eigenvalue weighted by atomic mass is 9.81. The van der Waals surface area contributed by atoms with Crippen molar-refractivity contribution in [2.75, 3.05) is 0 Å². The molecule has 1 atom stereocenters. The zero-order valence-corrected chi connectivity index (χ0v) is 11.3. The number of halogens is 2. The minimum absolute atomic E-state index is 0.0663. The first-order valence-corrected chi connectivity index (χ1v) is 6.92. The Balaban J connectivity index is 2.21. The molecule has 3 N–H and O–H groups in total. The van der Waals surface area contributed by atoms with E-state index in [0.29, 0.717) is 11.5 Å². The van der Waals surface area contributed by atoms with Crippen LogP contribution in [-0.2, 0) is 0 Å². The molecule has 0 radical (unpaired) electrons. The van der Waals surface area contributed by atoms with E-state index >= 15 is 0 Å². The summed E-state index contributed by atoms with van der Waals surface area (Å²) in [6, 6.07) is 5.12. The Kier molecular flexibility index (Phi) is 4.54. The van der Waals surface area contributed by atoms with Gasteiger partial charge in [-0.25, -0.2) is 4.39 Å². The molecule has 1 aliphatic rings. The third kappa shape index (κ3) is 3.06. The lowest BCUT2D eigenvalue weighted by molar-refractivity contribution is 0.269. The highest BCUT2D eigenvalue weighted by Gasteiger charge is 2.26. The van der Waals surface area contributed by atoms with Crippen LogP contribution in [0.15, 0.2) is 22.7 Å². The average molecular weight is 301 g/mol. The van der Waals surface area contributed by atoms with Crippen molar-refractivity contribution >= 4 is 15.9 Å². The number of hydrogen-bond donors (Lipinski definition) is 2. The Hall–Kier alpha value is -0.450. The van der Waals surface area contributed by atoms with Gasteiger partial charge in [0.05, 0.1) is 6.04 Å². The highest BCUT2D eigenvalue weighted by molar-refractivity contribution is 9.10. The van der Waals surface area contributed by atoms with E-state index in [0.717, 1.165) is 17.3 Å². The predicted molar refractivity (Wildman–Crippen MR) is 70.7 cm³/mol. The van der Waals surface area contributed by atoms with Crippen molar-refractivity contribution in [3.8, 4) is 0 Å². The van der Waals surface area contributed by atoms with Crippen molar-refractivity contribution in [3.63, 3.8) is 0 Å². The molecule has 0 saturated heterocycles. The maximum Gasteiger partial charge on any atom is 0.129 e. The van der Waals surface area contributed by atoms with E-state index in [1.165, 1.54) is 25.3 Å². The van der Waals surface area contributed by atoms with Crippen molar-refractivity contribution in [1.82, 2.24) is 5.43 Å². The first-order chi connectivity index (χ1) is 8.22. The van der Waals surface area contributed by atoms with Gasteiger partial charge in [0.25, 0.3) is 0 Å². The normalized spacial score (nSPS) is 19.2. The molecular weight excluding hydrogens is 283 g/mol. The molecule has 0 aliphatic heterocycles. The molecule has 0 heterocycles. The van der Waals surface area contributed by atoms with Crippen LogP contribution >= 0.6 is 15.9 Å². The number of rotatable bonds is 3. The molecule has 0 aromatic heterocycles. The summed E-state index contributed by atoms with van der Waals surface area (Å²) in [6.45, 7) is 0. The summed E-state index contributed by atoms with van der Waals surface area (Å²) < 4.78 is 14.7. The van der Waals surface area contributed by atoms with Crippen LogP contribution in [0.5, 0.6) is 0 Å². The Bertz CT molecular complexity index is 378. The van der Waals surface area contributed by atoms with Crippen molar-refractivity contribution < 1.29 is 4.39 Å². The molecule has 1 aromatic carbocycles. The summed E-state index contributed by atoms with van der Waals surface area (Å²) in [5, 5.41) is 0. The highest BCUT2D eigenvalue weighted by Crippen LogP contribution is 2.35. The van der Waals surface area contributed by atoms with E-state index in [4.69, 9.17) is 5.84 Å². The van der Waals surface area contributed by atoms with Crippen LogP contribution in [0.25, 0.3) is 0 Å². The second kappa shape index (κ2) is 5.94. The minimum atomic E-state index is -0.187. The van der Waals surface area contributed by atoms with Crippen molar-refractivity contribution in [3.05, 3.63) is 34.1 Å². The molecule has 0 spiro atoms. The molecule has 1 aromatic rings. The lowest BCUT2D eigenvalue weighted by Gasteiger charge is -2.30. The first-order valence-electron chi connectivity index (χ1n) is 6.13. The van der Waals surface area contributed by atoms with Gasteiger partial charge in [-0.1, -0.05) is 41.3 Å². The summed E-state index contributed by atoms with van der Waals surface area (Å²) in [5.41, 5.74) is 3.48. The van der Waals surface area contributed by atoms with Crippen molar-refractivity contribution in [2.24, 2.45) is 11.8 Å². The van der Waals surface area contributed by atoms with E-state index in [1.807, 2.05) is 12.1 Å². The zero-order chi connectivity index (χ0) is 12.3. The number of hydrogen-bond acceptors (Lipinski definition) is 2. The van der Waals surface area contributed by atoms with Gasteiger partial charge >= 0.3 is 0 Å². The molecule has 4 heteroatoms. The molecular formula is C13H18BrFN2. The monoisotopic (exact) mass is 300 g/mol. The van der Waals surface area contributed by atoms with Gasteiger partial charge in [-0.2, -0.15) is 0 Å². The second-order valence-electron chi connectivity index (χ2n) is 4.71. The standard InChI is InChI=1S/C13H18BrFN2/c14-10-6-7-11(12(15)8-10)13(17-16)9-4-2-1-3-5-9/h6-9,13,17H,1-5,16H2. The van der Waals surface area contributed by atoms with Gasteiger partial charge in [0.15, 0.2) is 0 Å². The molecule has 1 unspecified atom stereocenters. The van der Waals surface area contributed by atoms with E-state index in [9.17, 15) is 4.39 Å². The fourth-order valence-electron chi connectivity index (χ4n) is 2.70. The third-order valence-electron chi connectivity index (χ3n) is 3.60. The van der Waals surface area contributed by atoms with Crippen molar-refractivity contribution in [1.29, 1.82) is 0 Å². The largest absolute Gasteiger partial charge is 0.271 e. The molecule has 94 valence electrons. The van der Waals surface area contributed by atoms with Gasteiger partial charge < -0.3 is 0 Å². The van der Waals surface area contributed by atoms with E-state index < -0.39 is 0 Å². The molecule has 1 saturated carbocycles. The van der Waals surface area contributed by atoms with Gasteiger partial charge in [-0.15, -0.1) is 0 Å². The molecule has 1 aliphatic carbocycles. The van der Waals surface area contributed by atoms with Crippen LogP contribution in [0.1, 0.15) is 43.7 Å². The third-order valence-corrected chi connectivity index (χ3v) is 4.09. The summed E-state index contributed by atoms with van der Waals surface area (Å²) in [6.07, 6.45) is 5.99. The molecule has 2 rings (SSSR count). The van der Waals surface area contributed by atoms with E-state index in [2.05, 4.69) is 21.4 Å². The Morgan fingerprint density at radius 1 is 1.29 bits per heavy atom. The van der Waals surface area contributed by atoms with Gasteiger partial charge in [0.2, 0.25) is 0 Å². The number of benzene rings is 1. The van der Waals surface area contributed by atoms with Gasteiger partial charge in [0, 0.05) is 10.0 Å².